The summed E-state index contributed by atoms with van der Waals surface area (Å²) in [5, 5.41) is 3.73. The van der Waals surface area contributed by atoms with Crippen LogP contribution < -0.4 is 5.32 Å². The van der Waals surface area contributed by atoms with Crippen molar-refractivity contribution in [2.75, 3.05) is 13.1 Å². The molecule has 1 aliphatic carbocycles. The van der Waals surface area contributed by atoms with Crippen LogP contribution in [0.25, 0.3) is 0 Å². The Labute approximate surface area is 98.6 Å². The maximum absolute atomic E-state index is 11.2. The van der Waals surface area contributed by atoms with E-state index in [2.05, 4.69) is 12.2 Å². The molecule has 0 aromatic carbocycles. The summed E-state index contributed by atoms with van der Waals surface area (Å²) >= 11 is 0. The molecule has 3 atom stereocenters. The summed E-state index contributed by atoms with van der Waals surface area (Å²) in [6.07, 6.45) is 6.51. The van der Waals surface area contributed by atoms with Crippen LogP contribution >= 0.6 is 0 Å². The van der Waals surface area contributed by atoms with Crippen molar-refractivity contribution in [3.8, 4) is 0 Å². The summed E-state index contributed by atoms with van der Waals surface area (Å²) < 4.78 is 0. The van der Waals surface area contributed by atoms with Crippen molar-refractivity contribution in [2.24, 2.45) is 5.92 Å². The van der Waals surface area contributed by atoms with E-state index in [0.29, 0.717) is 12.1 Å². The summed E-state index contributed by atoms with van der Waals surface area (Å²) in [6, 6.07) is 1.26. The Bertz CT molecular complexity index is 254. The van der Waals surface area contributed by atoms with E-state index in [0.717, 1.165) is 25.4 Å². The number of likely N-dealkylation sites (tertiary alicyclic amines) is 1. The van der Waals surface area contributed by atoms with Gasteiger partial charge < -0.3 is 10.2 Å². The lowest BCUT2D eigenvalue weighted by atomic mass is 10.1. The minimum absolute atomic E-state index is 0.224. The highest BCUT2D eigenvalue weighted by molar-refractivity contribution is 5.73. The van der Waals surface area contributed by atoms with E-state index >= 15 is 0 Å². The fourth-order valence-corrected chi connectivity index (χ4v) is 3.11. The Balaban J connectivity index is 1.73. The lowest BCUT2D eigenvalue weighted by Crippen LogP contribution is -2.39. The van der Waals surface area contributed by atoms with Crippen LogP contribution in [0.5, 0.6) is 0 Å². The fourth-order valence-electron chi connectivity index (χ4n) is 3.11. The van der Waals surface area contributed by atoms with E-state index in [1.54, 1.807) is 6.92 Å². The molecule has 2 rings (SSSR count). The predicted octanol–water partition coefficient (Wildman–Crippen LogP) is 1.78. The zero-order valence-corrected chi connectivity index (χ0v) is 10.5. The van der Waals surface area contributed by atoms with Crippen LogP contribution in [0, 0.1) is 5.92 Å². The van der Waals surface area contributed by atoms with Gasteiger partial charge in [-0.3, -0.25) is 4.79 Å². The van der Waals surface area contributed by atoms with Crippen molar-refractivity contribution in [2.45, 2.75) is 58.0 Å². The average molecular weight is 224 g/mol. The van der Waals surface area contributed by atoms with Gasteiger partial charge in [0.05, 0.1) is 0 Å². The maximum Gasteiger partial charge on any atom is 0.219 e. The molecule has 1 saturated heterocycles. The van der Waals surface area contributed by atoms with E-state index < -0.39 is 0 Å². The first kappa shape index (κ1) is 11.9. The van der Waals surface area contributed by atoms with Gasteiger partial charge in [-0.25, -0.2) is 0 Å². The molecule has 3 nitrogen and oxygen atoms in total. The number of hydrogen-bond acceptors (Lipinski definition) is 2. The third-order valence-electron chi connectivity index (χ3n) is 4.22. The number of nitrogens with one attached hydrogen (secondary N) is 1. The quantitative estimate of drug-likeness (QED) is 0.792. The zero-order chi connectivity index (χ0) is 11.5. The third kappa shape index (κ3) is 2.76. The van der Waals surface area contributed by atoms with Gasteiger partial charge in [-0.15, -0.1) is 0 Å². The van der Waals surface area contributed by atoms with Crippen LogP contribution in [0.4, 0.5) is 0 Å². The molecule has 1 N–H and O–H groups in total. The number of carbonyl (C=O) groups is 1. The van der Waals surface area contributed by atoms with Gasteiger partial charge in [0.15, 0.2) is 0 Å². The lowest BCUT2D eigenvalue weighted by Gasteiger charge is -2.19. The standard InChI is InChI=1S/C13H24N2O/c1-3-11-4-5-12(8-11)14-13-6-7-15(9-13)10(2)16/h11-14H,3-9H2,1-2H3. The molecule has 0 bridgehead atoms. The number of carbonyl (C=O) groups excluding carboxylic acids is 1. The zero-order valence-electron chi connectivity index (χ0n) is 10.5. The van der Waals surface area contributed by atoms with Crippen LogP contribution in [0.3, 0.4) is 0 Å². The highest BCUT2D eigenvalue weighted by Crippen LogP contribution is 2.28. The van der Waals surface area contributed by atoms with Crippen molar-refractivity contribution in [1.82, 2.24) is 10.2 Å². The predicted molar refractivity (Wildman–Crippen MR) is 65.2 cm³/mol. The van der Waals surface area contributed by atoms with Crippen LogP contribution in [-0.2, 0) is 4.79 Å². The first-order valence-corrected chi connectivity index (χ1v) is 6.70. The number of rotatable bonds is 3. The van der Waals surface area contributed by atoms with Crippen LogP contribution in [0.15, 0.2) is 0 Å². The third-order valence-corrected chi connectivity index (χ3v) is 4.22. The number of hydrogen-bond donors (Lipinski definition) is 1. The van der Waals surface area contributed by atoms with Crippen molar-refractivity contribution in [3.63, 3.8) is 0 Å². The smallest absolute Gasteiger partial charge is 0.219 e. The highest BCUT2D eigenvalue weighted by Gasteiger charge is 2.29. The lowest BCUT2D eigenvalue weighted by molar-refractivity contribution is -0.127. The number of amides is 1. The van der Waals surface area contributed by atoms with Crippen LogP contribution in [0.2, 0.25) is 0 Å². The van der Waals surface area contributed by atoms with E-state index in [1.165, 1.54) is 25.7 Å². The molecular formula is C13H24N2O. The highest BCUT2D eigenvalue weighted by atomic mass is 16.2. The molecule has 3 unspecified atom stereocenters. The summed E-state index contributed by atoms with van der Waals surface area (Å²) in [5.74, 6) is 1.16. The summed E-state index contributed by atoms with van der Waals surface area (Å²) in [6.45, 7) is 5.82. The van der Waals surface area contributed by atoms with Gasteiger partial charge in [0.25, 0.3) is 0 Å². The SMILES string of the molecule is CCC1CCC(NC2CCN(C(C)=O)C2)C1. The normalized spacial score (nSPS) is 34.6. The van der Waals surface area contributed by atoms with E-state index in [1.807, 2.05) is 4.90 Å². The molecule has 92 valence electrons. The van der Waals surface area contributed by atoms with Gasteiger partial charge in [-0.1, -0.05) is 13.3 Å². The van der Waals surface area contributed by atoms with Gasteiger partial charge in [0, 0.05) is 32.1 Å². The summed E-state index contributed by atoms with van der Waals surface area (Å²) in [7, 11) is 0. The second kappa shape index (κ2) is 5.17. The summed E-state index contributed by atoms with van der Waals surface area (Å²) in [5.41, 5.74) is 0. The van der Waals surface area contributed by atoms with Crippen molar-refractivity contribution in [1.29, 1.82) is 0 Å². The van der Waals surface area contributed by atoms with Gasteiger partial charge >= 0.3 is 0 Å². The maximum atomic E-state index is 11.2. The molecule has 1 aliphatic heterocycles. The molecule has 2 aliphatic rings. The Morgan fingerprint density at radius 2 is 2.12 bits per heavy atom. The van der Waals surface area contributed by atoms with Gasteiger partial charge in [0.2, 0.25) is 5.91 Å². The van der Waals surface area contributed by atoms with E-state index in [-0.39, 0.29) is 5.91 Å². The molecule has 0 radical (unpaired) electrons. The Kier molecular flexibility index (Phi) is 3.85. The van der Waals surface area contributed by atoms with Gasteiger partial charge in [-0.2, -0.15) is 0 Å². The first-order valence-electron chi connectivity index (χ1n) is 6.70. The van der Waals surface area contributed by atoms with E-state index in [4.69, 9.17) is 0 Å². The largest absolute Gasteiger partial charge is 0.341 e. The monoisotopic (exact) mass is 224 g/mol. The molecule has 3 heteroatoms. The van der Waals surface area contributed by atoms with Crippen molar-refractivity contribution < 1.29 is 4.79 Å². The van der Waals surface area contributed by atoms with Crippen LogP contribution in [0.1, 0.15) is 46.0 Å². The van der Waals surface area contributed by atoms with Crippen LogP contribution in [-0.4, -0.2) is 36.0 Å². The molecule has 0 aromatic heterocycles. The second-order valence-electron chi connectivity index (χ2n) is 5.40. The average Bonchev–Trinajstić information content (AvgIpc) is 2.87. The Morgan fingerprint density at radius 3 is 2.69 bits per heavy atom. The summed E-state index contributed by atoms with van der Waals surface area (Å²) in [4.78, 5) is 13.2. The molecule has 2 fully saturated rings. The Hall–Kier alpha value is -0.570. The van der Waals surface area contributed by atoms with Crippen molar-refractivity contribution >= 4 is 5.91 Å². The Morgan fingerprint density at radius 1 is 1.31 bits per heavy atom. The van der Waals surface area contributed by atoms with Crippen molar-refractivity contribution in [3.05, 3.63) is 0 Å². The molecule has 1 heterocycles. The molecule has 1 saturated carbocycles. The number of nitrogens with zero attached hydrogens (tertiary/aromatic N) is 1. The fraction of sp³-hybridized carbons (Fsp3) is 0.923. The molecule has 0 aromatic rings. The van der Waals surface area contributed by atoms with Gasteiger partial charge in [-0.05, 0) is 31.6 Å². The minimum Gasteiger partial charge on any atom is -0.341 e. The molecule has 16 heavy (non-hydrogen) atoms. The minimum atomic E-state index is 0.224. The molecule has 0 spiro atoms. The first-order chi connectivity index (χ1) is 7.69. The van der Waals surface area contributed by atoms with E-state index in [9.17, 15) is 4.79 Å². The molecular weight excluding hydrogens is 200 g/mol. The topological polar surface area (TPSA) is 32.3 Å². The second-order valence-corrected chi connectivity index (χ2v) is 5.40. The van der Waals surface area contributed by atoms with Gasteiger partial charge in [0.1, 0.15) is 0 Å². The molecule has 1 amide bonds.